The number of nitrogen functional groups attached to an aromatic ring is 1. The molecule has 0 aliphatic heterocycles. The van der Waals surface area contributed by atoms with Crippen molar-refractivity contribution in [2.45, 2.75) is 19.8 Å². The number of methoxy groups -OCH3 is 1. The number of aryl methyl sites for hydroxylation is 3. The summed E-state index contributed by atoms with van der Waals surface area (Å²) in [4.78, 5) is 4.86. The molecule has 0 radical (unpaired) electrons. The highest BCUT2D eigenvalue weighted by Crippen LogP contribution is 2.36. The van der Waals surface area contributed by atoms with Crippen LogP contribution in [0.4, 0.5) is 5.69 Å². The molecule has 4 nitrogen and oxygen atoms in total. The molecule has 4 rings (SSSR count). The molecule has 0 saturated carbocycles. The van der Waals surface area contributed by atoms with E-state index in [0.717, 1.165) is 41.2 Å². The van der Waals surface area contributed by atoms with E-state index in [1.54, 1.807) is 7.11 Å². The Morgan fingerprint density at radius 3 is 2.90 bits per heavy atom. The summed E-state index contributed by atoms with van der Waals surface area (Å²) < 4.78 is 7.50. The standard InChI is InChI=1S/C17H17N3O/c1-10-7-12(18)9-20-15-6-4-11-3-5-13(21-2)8-14(11)16(15)19-17(10)20/h3,5,7-9H,4,6,18H2,1-2H3. The number of nitrogens with two attached hydrogens (primary N) is 1. The van der Waals surface area contributed by atoms with Crippen molar-refractivity contribution in [3.8, 4) is 17.0 Å². The molecule has 106 valence electrons. The molecule has 0 amide bonds. The average molecular weight is 279 g/mol. The first-order chi connectivity index (χ1) is 10.2. The zero-order valence-corrected chi connectivity index (χ0v) is 12.2. The first-order valence-corrected chi connectivity index (χ1v) is 7.11. The maximum absolute atomic E-state index is 5.99. The van der Waals surface area contributed by atoms with Gasteiger partial charge in [-0.1, -0.05) is 6.07 Å². The summed E-state index contributed by atoms with van der Waals surface area (Å²) in [5, 5.41) is 0. The molecule has 2 aromatic heterocycles. The molecule has 4 heteroatoms. The number of nitrogens with zero attached hydrogens (tertiary/aromatic N) is 2. The molecule has 0 spiro atoms. The minimum atomic E-state index is 0.775. The molecular weight excluding hydrogens is 262 g/mol. The molecule has 0 bridgehead atoms. The van der Waals surface area contributed by atoms with Gasteiger partial charge >= 0.3 is 0 Å². The highest BCUT2D eigenvalue weighted by molar-refractivity contribution is 5.74. The van der Waals surface area contributed by atoms with E-state index in [4.69, 9.17) is 15.5 Å². The topological polar surface area (TPSA) is 52.5 Å². The van der Waals surface area contributed by atoms with Gasteiger partial charge in [-0.2, -0.15) is 0 Å². The van der Waals surface area contributed by atoms with Crippen molar-refractivity contribution in [2.24, 2.45) is 0 Å². The van der Waals surface area contributed by atoms with Crippen molar-refractivity contribution >= 4 is 11.3 Å². The largest absolute Gasteiger partial charge is 0.497 e. The summed E-state index contributed by atoms with van der Waals surface area (Å²) in [6.45, 7) is 2.05. The SMILES string of the molecule is COc1ccc2c(c1)-c1nc3c(C)cc(N)cn3c1CC2. The van der Waals surface area contributed by atoms with Gasteiger partial charge in [-0.15, -0.1) is 0 Å². The predicted molar refractivity (Wildman–Crippen MR) is 83.7 cm³/mol. The zero-order valence-electron chi connectivity index (χ0n) is 12.2. The molecule has 2 heterocycles. The lowest BCUT2D eigenvalue weighted by Gasteiger charge is -2.16. The van der Waals surface area contributed by atoms with Gasteiger partial charge in [0.2, 0.25) is 0 Å². The van der Waals surface area contributed by atoms with Crippen molar-refractivity contribution < 1.29 is 4.74 Å². The summed E-state index contributed by atoms with van der Waals surface area (Å²) >= 11 is 0. The van der Waals surface area contributed by atoms with E-state index in [2.05, 4.69) is 23.5 Å². The molecule has 0 fully saturated rings. The van der Waals surface area contributed by atoms with Gasteiger partial charge in [-0.3, -0.25) is 0 Å². The Balaban J connectivity index is 2.04. The van der Waals surface area contributed by atoms with E-state index >= 15 is 0 Å². The van der Waals surface area contributed by atoms with Gasteiger partial charge < -0.3 is 14.9 Å². The third-order valence-corrected chi connectivity index (χ3v) is 4.23. The summed E-state index contributed by atoms with van der Waals surface area (Å²) in [7, 11) is 1.69. The Morgan fingerprint density at radius 1 is 1.24 bits per heavy atom. The van der Waals surface area contributed by atoms with Gasteiger partial charge in [-0.05, 0) is 49.1 Å². The number of aromatic nitrogens is 2. The number of anilines is 1. The van der Waals surface area contributed by atoms with Gasteiger partial charge in [-0.25, -0.2) is 4.98 Å². The minimum absolute atomic E-state index is 0.775. The first-order valence-electron chi connectivity index (χ1n) is 7.11. The second-order valence-corrected chi connectivity index (χ2v) is 5.58. The fraction of sp³-hybridized carbons (Fsp3) is 0.235. The lowest BCUT2D eigenvalue weighted by molar-refractivity contribution is 0.415. The van der Waals surface area contributed by atoms with E-state index in [-0.39, 0.29) is 0 Å². The number of benzene rings is 1. The summed E-state index contributed by atoms with van der Waals surface area (Å²) in [5.74, 6) is 0.870. The van der Waals surface area contributed by atoms with Gasteiger partial charge in [0.1, 0.15) is 11.4 Å². The first kappa shape index (κ1) is 12.3. The summed E-state index contributed by atoms with van der Waals surface area (Å²) in [6, 6.07) is 8.21. The van der Waals surface area contributed by atoms with Crippen LogP contribution in [0.5, 0.6) is 5.75 Å². The number of hydrogen-bond acceptors (Lipinski definition) is 3. The lowest BCUT2D eigenvalue weighted by atomic mass is 9.92. The van der Waals surface area contributed by atoms with Crippen molar-refractivity contribution in [1.82, 2.24) is 9.38 Å². The van der Waals surface area contributed by atoms with E-state index in [9.17, 15) is 0 Å². The lowest BCUT2D eigenvalue weighted by Crippen LogP contribution is -2.06. The van der Waals surface area contributed by atoms with Crippen molar-refractivity contribution in [2.75, 3.05) is 12.8 Å². The van der Waals surface area contributed by atoms with Crippen LogP contribution in [0.3, 0.4) is 0 Å². The molecular formula is C17H17N3O. The van der Waals surface area contributed by atoms with E-state index < -0.39 is 0 Å². The molecule has 1 aromatic carbocycles. The molecule has 2 N–H and O–H groups in total. The number of pyridine rings is 1. The van der Waals surface area contributed by atoms with Gasteiger partial charge in [0.15, 0.2) is 0 Å². The smallest absolute Gasteiger partial charge is 0.140 e. The second kappa shape index (κ2) is 4.25. The highest BCUT2D eigenvalue weighted by atomic mass is 16.5. The monoisotopic (exact) mass is 279 g/mol. The van der Waals surface area contributed by atoms with Crippen LogP contribution in [-0.2, 0) is 12.8 Å². The Bertz CT molecular complexity index is 864. The molecule has 21 heavy (non-hydrogen) atoms. The van der Waals surface area contributed by atoms with E-state index in [1.165, 1.54) is 16.8 Å². The molecule has 0 atom stereocenters. The fourth-order valence-corrected chi connectivity index (χ4v) is 3.21. The van der Waals surface area contributed by atoms with Crippen LogP contribution >= 0.6 is 0 Å². The maximum Gasteiger partial charge on any atom is 0.140 e. The Kier molecular flexibility index (Phi) is 2.48. The van der Waals surface area contributed by atoms with Crippen molar-refractivity contribution in [1.29, 1.82) is 0 Å². The van der Waals surface area contributed by atoms with Crippen molar-refractivity contribution in [3.63, 3.8) is 0 Å². The van der Waals surface area contributed by atoms with Crippen LogP contribution < -0.4 is 10.5 Å². The fourth-order valence-electron chi connectivity index (χ4n) is 3.21. The van der Waals surface area contributed by atoms with Crippen molar-refractivity contribution in [3.05, 3.63) is 47.3 Å². The summed E-state index contributed by atoms with van der Waals surface area (Å²) in [6.07, 6.45) is 3.98. The number of ether oxygens (including phenoxy) is 1. The van der Waals surface area contributed by atoms with Crippen LogP contribution in [0.1, 0.15) is 16.8 Å². The average Bonchev–Trinajstić information content (AvgIpc) is 2.86. The van der Waals surface area contributed by atoms with Crippen LogP contribution in [0.15, 0.2) is 30.5 Å². The number of hydrogen-bond donors (Lipinski definition) is 1. The normalized spacial score (nSPS) is 13.0. The number of fused-ring (bicyclic) bond motifs is 5. The van der Waals surface area contributed by atoms with E-state index in [1.807, 2.05) is 18.3 Å². The van der Waals surface area contributed by atoms with Crippen LogP contribution in [0.25, 0.3) is 16.9 Å². The Hall–Kier alpha value is -2.49. The third-order valence-electron chi connectivity index (χ3n) is 4.23. The Morgan fingerprint density at radius 2 is 2.10 bits per heavy atom. The summed E-state index contributed by atoms with van der Waals surface area (Å²) in [5.41, 5.74) is 13.7. The second-order valence-electron chi connectivity index (χ2n) is 5.58. The third kappa shape index (κ3) is 1.72. The van der Waals surface area contributed by atoms with Gasteiger partial charge in [0.25, 0.3) is 0 Å². The van der Waals surface area contributed by atoms with Gasteiger partial charge in [0, 0.05) is 17.4 Å². The van der Waals surface area contributed by atoms with Crippen LogP contribution in [0, 0.1) is 6.92 Å². The van der Waals surface area contributed by atoms with E-state index in [0.29, 0.717) is 0 Å². The van der Waals surface area contributed by atoms with Crippen LogP contribution in [-0.4, -0.2) is 16.5 Å². The Labute approximate surface area is 123 Å². The number of imidazole rings is 1. The highest BCUT2D eigenvalue weighted by Gasteiger charge is 2.22. The minimum Gasteiger partial charge on any atom is -0.497 e. The molecule has 1 aliphatic rings. The molecule has 0 unspecified atom stereocenters. The quantitative estimate of drug-likeness (QED) is 0.745. The predicted octanol–water partition coefficient (Wildman–Crippen LogP) is 3.00. The molecule has 3 aromatic rings. The molecule has 0 saturated heterocycles. The van der Waals surface area contributed by atoms with Crippen LogP contribution in [0.2, 0.25) is 0 Å². The molecule has 1 aliphatic carbocycles. The zero-order chi connectivity index (χ0) is 14.6. The maximum atomic E-state index is 5.99. The van der Waals surface area contributed by atoms with Gasteiger partial charge in [0.05, 0.1) is 18.5 Å². The number of rotatable bonds is 1.